The van der Waals surface area contributed by atoms with Gasteiger partial charge in [-0.1, -0.05) is 0 Å². The number of nitrogens with zero attached hydrogens (tertiary/aromatic N) is 1. The van der Waals surface area contributed by atoms with Gasteiger partial charge in [-0.2, -0.15) is 0 Å². The predicted octanol–water partition coefficient (Wildman–Crippen LogP) is 0.533. The second kappa shape index (κ2) is 6.18. The van der Waals surface area contributed by atoms with Gasteiger partial charge in [0.05, 0.1) is 0 Å². The van der Waals surface area contributed by atoms with Crippen molar-refractivity contribution in [2.75, 3.05) is 0 Å². The maximum atomic E-state index is 12.6. The van der Waals surface area contributed by atoms with E-state index in [1.807, 2.05) is 27.7 Å². The zero-order valence-corrected chi connectivity index (χ0v) is 15.7. The van der Waals surface area contributed by atoms with Crippen molar-refractivity contribution in [3.63, 3.8) is 0 Å². The zero-order valence-electron chi connectivity index (χ0n) is 12.2. The van der Waals surface area contributed by atoms with E-state index in [2.05, 4.69) is 0 Å². The van der Waals surface area contributed by atoms with Crippen LogP contribution in [-0.4, -0.2) is 55.5 Å². The maximum absolute atomic E-state index is 12.6. The number of nitrogens with one attached hydrogen (secondary N) is 2. The van der Waals surface area contributed by atoms with E-state index in [1.54, 1.807) is 0 Å². The molecule has 0 aromatic heterocycles. The summed E-state index contributed by atoms with van der Waals surface area (Å²) in [6.45, 7) is 7.67. The third-order valence-corrected chi connectivity index (χ3v) is 6.72. The molecule has 20 heavy (non-hydrogen) atoms. The van der Waals surface area contributed by atoms with Gasteiger partial charge in [-0.05, 0) is 0 Å². The van der Waals surface area contributed by atoms with Crippen molar-refractivity contribution >= 4 is 39.4 Å². The molecule has 0 saturated carbocycles. The molecule has 0 fully saturated rings. The Morgan fingerprint density at radius 3 is 1.55 bits per heavy atom. The molecule has 1 aliphatic heterocycles. The van der Waals surface area contributed by atoms with E-state index in [0.29, 0.717) is 10.6 Å². The van der Waals surface area contributed by atoms with Crippen molar-refractivity contribution < 1.29 is 5.21 Å². The molecule has 1 heterocycles. The molecule has 6 nitrogen and oxygen atoms in total. The van der Waals surface area contributed by atoms with E-state index in [-0.39, 0.29) is 39.4 Å². The quantitative estimate of drug-likeness (QED) is 0.221. The van der Waals surface area contributed by atoms with Crippen LogP contribution in [0.2, 0.25) is 10.6 Å². The van der Waals surface area contributed by atoms with E-state index in [0.717, 1.165) is 16.2 Å². The van der Waals surface area contributed by atoms with Crippen molar-refractivity contribution in [2.24, 2.45) is 11.5 Å². The van der Waals surface area contributed by atoms with Gasteiger partial charge in [-0.25, -0.2) is 0 Å². The summed E-state index contributed by atoms with van der Waals surface area (Å²) in [5, 5.41) is 29.9. The van der Waals surface area contributed by atoms with Crippen LogP contribution >= 0.6 is 0 Å². The van der Waals surface area contributed by atoms with E-state index in [9.17, 15) is 5.21 Å². The van der Waals surface area contributed by atoms with Crippen molar-refractivity contribution in [2.45, 2.75) is 49.4 Å². The summed E-state index contributed by atoms with van der Waals surface area (Å²) in [5.74, 6) is 0. The van der Waals surface area contributed by atoms with Gasteiger partial charge in [0.2, 0.25) is 0 Å². The van der Waals surface area contributed by atoms with Gasteiger partial charge >= 0.3 is 132 Å². The molecular formula is C12H22N5OSe2. The number of hydrogen-bond donors (Lipinski definition) is 4. The molecule has 0 amide bonds. The summed E-state index contributed by atoms with van der Waals surface area (Å²) < 4.78 is 0.388. The molecule has 0 unspecified atom stereocenters. The van der Waals surface area contributed by atoms with Crippen molar-refractivity contribution in [1.82, 2.24) is 5.06 Å². The first-order chi connectivity index (χ1) is 9.01. The molecule has 1 rings (SSSR count). The fraction of sp³-hybridized carbons (Fsp3) is 0.667. The molecule has 0 aromatic rings. The van der Waals surface area contributed by atoms with Gasteiger partial charge < -0.3 is 0 Å². The molecule has 0 atom stereocenters. The minimum absolute atomic E-state index is 0.123. The Morgan fingerprint density at radius 1 is 1.00 bits per heavy atom. The molecule has 0 saturated heterocycles. The molecule has 1 radical (unpaired) electrons. The normalized spacial score (nSPS) is 21.2. The first-order valence-electron chi connectivity index (χ1n) is 6.15. The zero-order chi connectivity index (χ0) is 15.7. The first kappa shape index (κ1) is 17.7. The Labute approximate surface area is 132 Å². The number of rotatable bonds is 6. The van der Waals surface area contributed by atoms with E-state index in [4.69, 9.17) is 22.3 Å². The van der Waals surface area contributed by atoms with Crippen molar-refractivity contribution in [3.05, 3.63) is 11.1 Å². The van der Waals surface area contributed by atoms with Gasteiger partial charge in [0.1, 0.15) is 0 Å². The van der Waals surface area contributed by atoms with Crippen LogP contribution in [0.4, 0.5) is 0 Å². The second-order valence-corrected chi connectivity index (χ2v) is 9.94. The molecule has 0 spiro atoms. The van der Waals surface area contributed by atoms with Crippen LogP contribution in [0.1, 0.15) is 27.7 Å². The number of hydrogen-bond acceptors (Lipinski definition) is 3. The third kappa shape index (κ3) is 3.45. The Morgan fingerprint density at radius 2 is 1.30 bits per heavy atom. The van der Waals surface area contributed by atoms with Crippen molar-refractivity contribution in [1.29, 1.82) is 10.8 Å². The summed E-state index contributed by atoms with van der Waals surface area (Å²) in [7, 11) is 0. The van der Waals surface area contributed by atoms with Crippen LogP contribution in [-0.2, 0) is 5.21 Å². The molecule has 0 bridgehead atoms. The average molecular weight is 410 g/mol. The van der Waals surface area contributed by atoms with Crippen LogP contribution in [0, 0.1) is 10.8 Å². The Hall–Kier alpha value is -0.361. The molecule has 113 valence electrons. The Kier molecular flexibility index (Phi) is 5.46. The van der Waals surface area contributed by atoms with Crippen molar-refractivity contribution in [3.8, 4) is 0 Å². The third-order valence-electron chi connectivity index (χ3n) is 3.60. The van der Waals surface area contributed by atoms with E-state index < -0.39 is 11.1 Å². The fourth-order valence-corrected chi connectivity index (χ4v) is 5.98. The monoisotopic (exact) mass is 412 g/mol. The molecule has 0 aromatic carbocycles. The van der Waals surface area contributed by atoms with Gasteiger partial charge in [0.25, 0.3) is 0 Å². The molecular weight excluding hydrogens is 388 g/mol. The average Bonchev–Trinajstić information content (AvgIpc) is 2.42. The SMILES string of the molecule is CC1(C)C(C[Se]C(=N)N)=C(C[Se]C(=N)N)C(C)(C)N1[O]. The first-order valence-corrected chi connectivity index (χ1v) is 10.3. The Bertz CT molecular complexity index is 419. The standard InChI is InChI=1S/C12H22N5OSe2/c1-11(2)7(5-19-9(13)14)8(6-20-10(15)16)12(3,4)17(11)18/h5-6H2,1-4H3,(H3,13,14)(H3,15,16). The summed E-state index contributed by atoms with van der Waals surface area (Å²) >= 11 is -0.245. The van der Waals surface area contributed by atoms with Crippen LogP contribution in [0.25, 0.3) is 0 Å². The fourth-order valence-electron chi connectivity index (χ4n) is 2.51. The number of amidine groups is 2. The van der Waals surface area contributed by atoms with Crippen LogP contribution in [0.5, 0.6) is 0 Å². The second-order valence-electron chi connectivity index (χ2n) is 5.68. The predicted molar refractivity (Wildman–Crippen MR) is 82.7 cm³/mol. The molecule has 1 aliphatic rings. The summed E-state index contributed by atoms with van der Waals surface area (Å²) in [4.78, 5) is 0. The minimum atomic E-state index is -0.580. The topological polar surface area (TPSA) is 123 Å². The Balaban J connectivity index is 3.15. The summed E-state index contributed by atoms with van der Waals surface area (Å²) in [5.41, 5.74) is 11.9. The molecule has 6 N–H and O–H groups in total. The molecule has 0 aliphatic carbocycles. The van der Waals surface area contributed by atoms with Crippen LogP contribution in [0.15, 0.2) is 11.1 Å². The summed E-state index contributed by atoms with van der Waals surface area (Å²) in [6.07, 6.45) is 0. The van der Waals surface area contributed by atoms with Crippen LogP contribution < -0.4 is 11.5 Å². The number of nitrogens with two attached hydrogens (primary N) is 2. The van der Waals surface area contributed by atoms with Gasteiger partial charge in [-0.3, -0.25) is 0 Å². The van der Waals surface area contributed by atoms with Crippen LogP contribution in [0.3, 0.4) is 0 Å². The van der Waals surface area contributed by atoms with E-state index in [1.165, 1.54) is 0 Å². The van der Waals surface area contributed by atoms with Gasteiger partial charge in [0, 0.05) is 0 Å². The molecule has 8 heteroatoms. The van der Waals surface area contributed by atoms with Gasteiger partial charge in [0.15, 0.2) is 0 Å². The van der Waals surface area contributed by atoms with Gasteiger partial charge in [-0.15, -0.1) is 0 Å². The summed E-state index contributed by atoms with van der Waals surface area (Å²) in [6, 6.07) is 0. The van der Waals surface area contributed by atoms with E-state index >= 15 is 0 Å². The number of hydroxylamine groups is 2.